The molecule has 1 aromatic carbocycles. The van der Waals surface area contributed by atoms with Crippen LogP contribution in [0.2, 0.25) is 0 Å². The van der Waals surface area contributed by atoms with Gasteiger partial charge in [0.2, 0.25) is 0 Å². The number of benzene rings is 1. The molecule has 0 aliphatic rings. The van der Waals surface area contributed by atoms with Crippen molar-refractivity contribution in [2.24, 2.45) is 11.8 Å². The molecule has 0 saturated carbocycles. The van der Waals surface area contributed by atoms with Gasteiger partial charge in [-0.25, -0.2) is 0 Å². The molecule has 1 N–H and O–H groups in total. The zero-order valence-corrected chi connectivity index (χ0v) is 20.4. The van der Waals surface area contributed by atoms with E-state index >= 15 is 0 Å². The Kier molecular flexibility index (Phi) is 10.4. The SMILES string of the molecule is CC(C)C(=O)/C=C(\O)C(C)C.[Ir].[c-]1ccccc1Oc1nccc2cc[se]c12. The molecule has 6 heteroatoms. The summed E-state index contributed by atoms with van der Waals surface area (Å²) in [4.78, 5) is 17.5. The molecule has 4 nitrogen and oxygen atoms in total. The first-order valence-corrected chi connectivity index (χ1v) is 10.6. The molecule has 3 aromatic rings. The van der Waals surface area contributed by atoms with Crippen molar-refractivity contribution in [3.05, 3.63) is 65.4 Å². The Morgan fingerprint density at radius 2 is 1.93 bits per heavy atom. The number of carbonyl (C=O) groups excluding carboxylic acids is 1. The number of nitrogens with zero attached hydrogens (tertiary/aromatic N) is 1. The predicted molar refractivity (Wildman–Crippen MR) is 109 cm³/mol. The fourth-order valence-electron chi connectivity index (χ4n) is 1.96. The average molecular weight is 622 g/mol. The predicted octanol–water partition coefficient (Wildman–Crippen LogP) is 5.19. The second-order valence-corrected chi connectivity index (χ2v) is 8.49. The van der Waals surface area contributed by atoms with E-state index in [1.54, 1.807) is 6.20 Å². The van der Waals surface area contributed by atoms with Crippen LogP contribution in [0.4, 0.5) is 0 Å². The van der Waals surface area contributed by atoms with Crippen LogP contribution in [-0.2, 0) is 24.9 Å². The van der Waals surface area contributed by atoms with E-state index in [0.717, 1.165) is 0 Å². The van der Waals surface area contributed by atoms with Gasteiger partial charge in [-0.3, -0.25) is 4.79 Å². The first-order chi connectivity index (χ1) is 12.9. The number of carbonyl (C=O) groups is 1. The van der Waals surface area contributed by atoms with Crippen LogP contribution in [0, 0.1) is 17.9 Å². The third-order valence-electron chi connectivity index (χ3n) is 3.67. The zero-order chi connectivity index (χ0) is 19.8. The molecule has 151 valence electrons. The Labute approximate surface area is 185 Å². The molecule has 0 bridgehead atoms. The zero-order valence-electron chi connectivity index (χ0n) is 16.3. The molecular formula is C22H24IrNO3Se-. The molecule has 0 aliphatic carbocycles. The minimum absolute atomic E-state index is 0. The number of ether oxygens (including phenoxy) is 1. The van der Waals surface area contributed by atoms with Gasteiger partial charge in [-0.2, -0.15) is 0 Å². The Morgan fingerprint density at radius 3 is 2.54 bits per heavy atom. The Bertz CT molecular complexity index is 904. The molecule has 0 saturated heterocycles. The van der Waals surface area contributed by atoms with Gasteiger partial charge in [0.05, 0.1) is 5.76 Å². The van der Waals surface area contributed by atoms with Crippen LogP contribution in [0.5, 0.6) is 11.6 Å². The number of allylic oxidation sites excluding steroid dienone is 2. The van der Waals surface area contributed by atoms with E-state index in [4.69, 9.17) is 4.74 Å². The van der Waals surface area contributed by atoms with Crippen LogP contribution in [0.1, 0.15) is 27.7 Å². The first-order valence-electron chi connectivity index (χ1n) is 8.79. The number of ketones is 1. The number of aromatic nitrogens is 1. The van der Waals surface area contributed by atoms with Gasteiger partial charge in [0.15, 0.2) is 5.78 Å². The number of hydrogen-bond acceptors (Lipinski definition) is 4. The molecule has 2 heterocycles. The van der Waals surface area contributed by atoms with Crippen LogP contribution < -0.4 is 4.74 Å². The van der Waals surface area contributed by atoms with Crippen molar-refractivity contribution in [2.75, 3.05) is 0 Å². The van der Waals surface area contributed by atoms with Gasteiger partial charge in [-0.1, -0.05) is 27.7 Å². The van der Waals surface area contributed by atoms with Crippen molar-refractivity contribution >= 4 is 29.9 Å². The number of aliphatic hydroxyl groups excluding tert-OH is 1. The monoisotopic (exact) mass is 623 g/mol. The van der Waals surface area contributed by atoms with Gasteiger partial charge in [0, 0.05) is 38.0 Å². The van der Waals surface area contributed by atoms with Crippen molar-refractivity contribution in [1.82, 2.24) is 4.98 Å². The Hall–Kier alpha value is -1.71. The Balaban J connectivity index is 0.000000292. The van der Waals surface area contributed by atoms with Crippen LogP contribution in [-0.4, -0.2) is 30.4 Å². The minimum atomic E-state index is -0.0316. The van der Waals surface area contributed by atoms with E-state index < -0.39 is 0 Å². The first kappa shape index (κ1) is 24.3. The molecular weight excluding hydrogens is 597 g/mol. The maximum absolute atomic E-state index is 11.0. The molecule has 0 amide bonds. The maximum atomic E-state index is 11.0. The number of rotatable bonds is 5. The van der Waals surface area contributed by atoms with Crippen molar-refractivity contribution in [2.45, 2.75) is 27.7 Å². The van der Waals surface area contributed by atoms with Crippen molar-refractivity contribution in [1.29, 1.82) is 0 Å². The molecule has 28 heavy (non-hydrogen) atoms. The number of pyridine rings is 1. The van der Waals surface area contributed by atoms with Gasteiger partial charge in [0.1, 0.15) is 0 Å². The van der Waals surface area contributed by atoms with Crippen molar-refractivity contribution in [3.8, 4) is 11.6 Å². The summed E-state index contributed by atoms with van der Waals surface area (Å²) in [6.07, 6.45) is 3.10. The third kappa shape index (κ3) is 7.37. The summed E-state index contributed by atoms with van der Waals surface area (Å²) >= 11 is 0.341. The summed E-state index contributed by atoms with van der Waals surface area (Å²) in [7, 11) is 0. The molecule has 3 rings (SSSR count). The van der Waals surface area contributed by atoms with Crippen LogP contribution in [0.15, 0.2) is 59.4 Å². The molecule has 0 unspecified atom stereocenters. The quantitative estimate of drug-likeness (QED) is 0.185. The number of hydrogen-bond donors (Lipinski definition) is 1. The topological polar surface area (TPSA) is 59.4 Å². The molecule has 0 spiro atoms. The van der Waals surface area contributed by atoms with E-state index in [1.165, 1.54) is 15.7 Å². The van der Waals surface area contributed by atoms with Crippen LogP contribution >= 0.6 is 0 Å². The average Bonchev–Trinajstić information content (AvgIpc) is 3.13. The summed E-state index contributed by atoms with van der Waals surface area (Å²) in [5, 5.41) is 10.4. The standard InChI is InChI=1S/C13H8NOSe.C9H16O2.Ir/c1-2-4-11(5-3-1)15-13-12-10(6-8-14-13)7-9-16-12;1-6(2)8(10)5-9(11)7(3)4;/h1-4,6-9H;5-7,10H,1-4H3;/q-1;;/b;8-5-;. The van der Waals surface area contributed by atoms with Gasteiger partial charge in [0.25, 0.3) is 0 Å². The van der Waals surface area contributed by atoms with E-state index in [9.17, 15) is 9.90 Å². The summed E-state index contributed by atoms with van der Waals surface area (Å²) in [5.41, 5.74) is 0. The second-order valence-electron chi connectivity index (χ2n) is 6.56. The summed E-state index contributed by atoms with van der Waals surface area (Å²) in [6.45, 7) is 7.32. The molecule has 0 fully saturated rings. The summed E-state index contributed by atoms with van der Waals surface area (Å²) < 4.78 is 6.95. The van der Waals surface area contributed by atoms with Crippen LogP contribution in [0.3, 0.4) is 0 Å². The molecule has 2 aromatic heterocycles. The van der Waals surface area contributed by atoms with Crippen LogP contribution in [0.25, 0.3) is 9.65 Å². The summed E-state index contributed by atoms with van der Waals surface area (Å²) in [5.74, 6) is 1.59. The number of fused-ring (bicyclic) bond motifs is 1. The van der Waals surface area contributed by atoms with Gasteiger partial charge in [-0.15, -0.1) is 0 Å². The fourth-order valence-corrected chi connectivity index (χ4v) is 3.68. The third-order valence-corrected chi connectivity index (χ3v) is 5.60. The normalized spacial score (nSPS) is 11.0. The van der Waals surface area contributed by atoms with E-state index in [2.05, 4.69) is 22.1 Å². The van der Waals surface area contributed by atoms with E-state index in [1.807, 2.05) is 58.0 Å². The fraction of sp³-hybridized carbons (Fsp3) is 0.273. The van der Waals surface area contributed by atoms with E-state index in [-0.39, 0.29) is 43.5 Å². The Morgan fingerprint density at radius 1 is 1.18 bits per heavy atom. The molecule has 0 atom stereocenters. The van der Waals surface area contributed by atoms with Crippen molar-refractivity contribution in [3.63, 3.8) is 0 Å². The number of aliphatic hydroxyl groups is 1. The van der Waals surface area contributed by atoms with Gasteiger partial charge < -0.3 is 5.11 Å². The summed E-state index contributed by atoms with van der Waals surface area (Å²) in [6, 6.07) is 14.7. The number of para-hydroxylation sites is 1. The molecule has 0 aliphatic heterocycles. The van der Waals surface area contributed by atoms with E-state index in [0.29, 0.717) is 26.1 Å². The van der Waals surface area contributed by atoms with Crippen molar-refractivity contribution < 1.29 is 34.7 Å². The molecule has 1 radical (unpaired) electrons. The van der Waals surface area contributed by atoms with Gasteiger partial charge >= 0.3 is 99.1 Å². The van der Waals surface area contributed by atoms with Gasteiger partial charge in [-0.05, 0) is 0 Å². The second kappa shape index (κ2) is 12.0.